The highest BCUT2D eigenvalue weighted by molar-refractivity contribution is 6.33. The van der Waals surface area contributed by atoms with Crippen molar-refractivity contribution in [3.8, 4) is 0 Å². The first-order valence-electron chi connectivity index (χ1n) is 10.8. The van der Waals surface area contributed by atoms with Crippen LogP contribution in [0, 0.1) is 5.41 Å². The monoisotopic (exact) mass is 432 g/mol. The number of nitrogens with one attached hydrogen (secondary N) is 1. The first-order chi connectivity index (χ1) is 14.4. The molecular weight excluding hydrogens is 404 g/mol. The molecule has 162 valence electrons. The van der Waals surface area contributed by atoms with E-state index in [1.54, 1.807) is 24.0 Å². The number of likely N-dealkylation sites (tertiary alicyclic amines) is 3. The summed E-state index contributed by atoms with van der Waals surface area (Å²) in [6.45, 7) is 4.76. The zero-order valence-corrected chi connectivity index (χ0v) is 18.2. The summed E-state index contributed by atoms with van der Waals surface area (Å²) >= 11 is 6.18. The van der Waals surface area contributed by atoms with E-state index in [9.17, 15) is 14.4 Å². The summed E-state index contributed by atoms with van der Waals surface area (Å²) < 4.78 is 0. The van der Waals surface area contributed by atoms with Crippen molar-refractivity contribution in [1.82, 2.24) is 14.7 Å². The van der Waals surface area contributed by atoms with E-state index in [0.717, 1.165) is 25.9 Å². The molecule has 0 radical (unpaired) electrons. The van der Waals surface area contributed by atoms with Gasteiger partial charge in [-0.2, -0.15) is 0 Å². The lowest BCUT2D eigenvalue weighted by Crippen LogP contribution is -2.51. The predicted octanol–water partition coefficient (Wildman–Crippen LogP) is 3.20. The molecule has 0 aliphatic carbocycles. The zero-order chi connectivity index (χ0) is 21.3. The summed E-state index contributed by atoms with van der Waals surface area (Å²) in [5, 5.41) is 3.37. The molecule has 3 heterocycles. The first-order valence-corrected chi connectivity index (χ1v) is 11.2. The Labute approximate surface area is 182 Å². The number of carbonyl (C=O) groups is 3. The van der Waals surface area contributed by atoms with E-state index in [1.807, 2.05) is 21.9 Å². The van der Waals surface area contributed by atoms with Crippen molar-refractivity contribution in [3.63, 3.8) is 0 Å². The number of hydrogen-bond acceptors (Lipinski definition) is 3. The maximum Gasteiger partial charge on any atom is 0.321 e. The van der Waals surface area contributed by atoms with Crippen LogP contribution >= 0.6 is 11.6 Å². The fraction of sp³-hybridized carbons (Fsp3) is 0.591. The molecule has 8 heteroatoms. The second-order valence-corrected chi connectivity index (χ2v) is 8.98. The number of rotatable bonds is 2. The van der Waals surface area contributed by atoms with Gasteiger partial charge in [-0.05, 0) is 44.2 Å². The average Bonchev–Trinajstić information content (AvgIpc) is 3.34. The number of anilines is 1. The standard InChI is InChI=1S/C22H29ClN4O3/c1-16(28)27-15-10-22(20(29)25-11-4-5-12-25)9-14-26(13-8-19(22)27)21(30)24-18-7-3-2-6-17(18)23/h2-3,6-7,19H,4-5,8-15H2,1H3,(H,24,30)/t19-,22+/m0/s1. The number of halogens is 1. The zero-order valence-electron chi connectivity index (χ0n) is 17.4. The molecule has 0 unspecified atom stereocenters. The van der Waals surface area contributed by atoms with Crippen molar-refractivity contribution in [2.45, 2.75) is 45.1 Å². The number of hydrogen-bond donors (Lipinski definition) is 1. The van der Waals surface area contributed by atoms with Crippen molar-refractivity contribution in [3.05, 3.63) is 29.3 Å². The molecular formula is C22H29ClN4O3. The summed E-state index contributed by atoms with van der Waals surface area (Å²) in [5.74, 6) is 0.173. The predicted molar refractivity (Wildman–Crippen MR) is 115 cm³/mol. The fourth-order valence-electron chi connectivity index (χ4n) is 5.32. The van der Waals surface area contributed by atoms with Gasteiger partial charge in [0.15, 0.2) is 0 Å². The van der Waals surface area contributed by atoms with Gasteiger partial charge in [0.2, 0.25) is 11.8 Å². The lowest BCUT2D eigenvalue weighted by atomic mass is 9.75. The van der Waals surface area contributed by atoms with Crippen LogP contribution in [0.2, 0.25) is 5.02 Å². The number of carbonyl (C=O) groups excluding carboxylic acids is 3. The molecule has 0 aromatic heterocycles. The van der Waals surface area contributed by atoms with Gasteiger partial charge in [-0.3, -0.25) is 9.59 Å². The highest BCUT2D eigenvalue weighted by Gasteiger charge is 2.55. The van der Waals surface area contributed by atoms with Crippen LogP contribution in [0.15, 0.2) is 24.3 Å². The molecule has 1 aromatic rings. The third-order valence-corrected chi connectivity index (χ3v) is 7.27. The third-order valence-electron chi connectivity index (χ3n) is 6.94. The fourth-order valence-corrected chi connectivity index (χ4v) is 5.50. The second kappa shape index (κ2) is 8.46. The van der Waals surface area contributed by atoms with E-state index < -0.39 is 5.41 Å². The van der Waals surface area contributed by atoms with Crippen molar-refractivity contribution in [1.29, 1.82) is 0 Å². The summed E-state index contributed by atoms with van der Waals surface area (Å²) in [7, 11) is 0. The minimum absolute atomic E-state index is 0.00469. The van der Waals surface area contributed by atoms with Crippen molar-refractivity contribution >= 4 is 35.1 Å². The van der Waals surface area contributed by atoms with Crippen LogP contribution in [0.4, 0.5) is 10.5 Å². The first kappa shape index (κ1) is 21.0. The molecule has 1 N–H and O–H groups in total. The number of benzene rings is 1. The van der Waals surface area contributed by atoms with Gasteiger partial charge >= 0.3 is 6.03 Å². The van der Waals surface area contributed by atoms with E-state index in [-0.39, 0.29) is 23.9 Å². The Kier molecular flexibility index (Phi) is 5.91. The van der Waals surface area contributed by atoms with Gasteiger partial charge in [0.1, 0.15) is 0 Å². The Hall–Kier alpha value is -2.28. The van der Waals surface area contributed by atoms with Gasteiger partial charge in [0.25, 0.3) is 0 Å². The van der Waals surface area contributed by atoms with Crippen molar-refractivity contribution < 1.29 is 14.4 Å². The molecule has 7 nitrogen and oxygen atoms in total. The Morgan fingerprint density at radius 3 is 2.40 bits per heavy atom. The van der Waals surface area contributed by atoms with Crippen LogP contribution in [0.5, 0.6) is 0 Å². The van der Waals surface area contributed by atoms with Gasteiger partial charge in [0, 0.05) is 45.7 Å². The molecule has 3 aliphatic rings. The molecule has 3 aliphatic heterocycles. The Morgan fingerprint density at radius 1 is 1.00 bits per heavy atom. The van der Waals surface area contributed by atoms with Crippen LogP contribution in [-0.4, -0.2) is 71.3 Å². The van der Waals surface area contributed by atoms with E-state index in [0.29, 0.717) is 49.6 Å². The molecule has 4 rings (SSSR count). The van der Waals surface area contributed by atoms with Crippen LogP contribution in [0.25, 0.3) is 0 Å². The van der Waals surface area contributed by atoms with Crippen molar-refractivity contribution in [2.75, 3.05) is 38.0 Å². The van der Waals surface area contributed by atoms with E-state index in [1.165, 1.54) is 0 Å². The summed E-state index contributed by atoms with van der Waals surface area (Å²) in [6, 6.07) is 6.77. The quantitative estimate of drug-likeness (QED) is 0.779. The van der Waals surface area contributed by atoms with Gasteiger partial charge < -0.3 is 20.0 Å². The van der Waals surface area contributed by atoms with Gasteiger partial charge in [-0.1, -0.05) is 23.7 Å². The summed E-state index contributed by atoms with van der Waals surface area (Å²) in [5.41, 5.74) is -0.0167. The average molecular weight is 433 g/mol. The number of urea groups is 1. The molecule has 0 bridgehead atoms. The molecule has 4 amide bonds. The molecule has 3 saturated heterocycles. The Bertz CT molecular complexity index is 841. The molecule has 1 aromatic carbocycles. The van der Waals surface area contributed by atoms with Gasteiger partial charge in [0.05, 0.1) is 16.1 Å². The van der Waals surface area contributed by atoms with Crippen molar-refractivity contribution in [2.24, 2.45) is 5.41 Å². The topological polar surface area (TPSA) is 73.0 Å². The normalized spacial score (nSPS) is 26.3. The Balaban J connectivity index is 1.54. The second-order valence-electron chi connectivity index (χ2n) is 8.57. The van der Waals surface area contributed by atoms with E-state index in [4.69, 9.17) is 11.6 Å². The van der Waals surface area contributed by atoms with E-state index in [2.05, 4.69) is 5.32 Å². The Morgan fingerprint density at radius 2 is 1.70 bits per heavy atom. The highest BCUT2D eigenvalue weighted by atomic mass is 35.5. The van der Waals surface area contributed by atoms with E-state index >= 15 is 0 Å². The number of fused-ring (bicyclic) bond motifs is 1. The smallest absolute Gasteiger partial charge is 0.321 e. The molecule has 0 saturated carbocycles. The van der Waals surface area contributed by atoms with Crippen LogP contribution in [0.3, 0.4) is 0 Å². The SMILES string of the molecule is CC(=O)N1CC[C@]2(C(=O)N3CCCC3)CCN(C(=O)Nc3ccccc3Cl)CC[C@H]12. The highest BCUT2D eigenvalue weighted by Crippen LogP contribution is 2.45. The maximum absolute atomic E-state index is 13.6. The van der Waals surface area contributed by atoms with Gasteiger partial charge in [-0.15, -0.1) is 0 Å². The largest absolute Gasteiger partial charge is 0.342 e. The molecule has 30 heavy (non-hydrogen) atoms. The molecule has 3 fully saturated rings. The summed E-state index contributed by atoms with van der Waals surface area (Å²) in [4.78, 5) is 44.4. The molecule has 2 atom stereocenters. The van der Waals surface area contributed by atoms with Crippen LogP contribution < -0.4 is 5.32 Å². The number of amides is 4. The molecule has 0 spiro atoms. The summed E-state index contributed by atoms with van der Waals surface area (Å²) in [6.07, 6.45) is 3.93. The lowest BCUT2D eigenvalue weighted by molar-refractivity contribution is -0.144. The minimum atomic E-state index is -0.588. The van der Waals surface area contributed by atoms with Crippen LogP contribution in [-0.2, 0) is 9.59 Å². The third kappa shape index (κ3) is 3.75. The van der Waals surface area contributed by atoms with Crippen LogP contribution in [0.1, 0.15) is 39.0 Å². The van der Waals surface area contributed by atoms with Gasteiger partial charge in [-0.25, -0.2) is 4.79 Å². The minimum Gasteiger partial charge on any atom is -0.342 e. The lowest BCUT2D eigenvalue weighted by Gasteiger charge is -2.37. The maximum atomic E-state index is 13.6. The number of nitrogens with zero attached hydrogens (tertiary/aromatic N) is 3. The number of para-hydroxylation sites is 1.